The van der Waals surface area contributed by atoms with E-state index in [1.165, 1.54) is 250 Å². The van der Waals surface area contributed by atoms with Crippen molar-refractivity contribution in [2.45, 2.75) is 341 Å². The number of ether oxygens (including phenoxy) is 1. The molecule has 0 aliphatic rings. The first-order valence-corrected chi connectivity index (χ1v) is 30.1. The van der Waals surface area contributed by atoms with Crippen LogP contribution in [0.4, 0.5) is 0 Å². The molecule has 0 fully saturated rings. The molecule has 396 valence electrons. The van der Waals surface area contributed by atoms with E-state index in [0.717, 1.165) is 44.9 Å². The fourth-order valence-corrected chi connectivity index (χ4v) is 9.34. The third-order valence-corrected chi connectivity index (χ3v) is 14.0. The van der Waals surface area contributed by atoms with Crippen LogP contribution >= 0.6 is 0 Å². The van der Waals surface area contributed by atoms with Crippen molar-refractivity contribution in [3.05, 3.63) is 24.3 Å². The quantitative estimate of drug-likeness (QED) is 0.0321. The van der Waals surface area contributed by atoms with Crippen LogP contribution in [0.5, 0.6) is 0 Å². The Morgan fingerprint density at radius 3 is 1.06 bits per heavy atom. The van der Waals surface area contributed by atoms with Crippen LogP contribution < -0.4 is 5.32 Å². The van der Waals surface area contributed by atoms with Gasteiger partial charge in [-0.2, -0.15) is 0 Å². The van der Waals surface area contributed by atoms with E-state index < -0.39 is 12.1 Å². The molecule has 3 N–H and O–H groups in total. The molecule has 2 unspecified atom stereocenters. The number of carbonyl (C=O) groups excluding carboxylic acids is 2. The molecular formula is C61H117NO5. The molecular weight excluding hydrogens is 827 g/mol. The minimum absolute atomic E-state index is 0.00792. The van der Waals surface area contributed by atoms with Crippen LogP contribution in [0, 0.1) is 0 Å². The molecule has 0 rings (SSSR count). The maximum Gasteiger partial charge on any atom is 0.305 e. The molecule has 67 heavy (non-hydrogen) atoms. The van der Waals surface area contributed by atoms with Gasteiger partial charge < -0.3 is 20.3 Å². The predicted molar refractivity (Wildman–Crippen MR) is 292 cm³/mol. The average Bonchev–Trinajstić information content (AvgIpc) is 3.33. The third kappa shape index (κ3) is 53.5. The maximum absolute atomic E-state index is 12.4. The Hall–Kier alpha value is -1.66. The van der Waals surface area contributed by atoms with Gasteiger partial charge in [-0.05, 0) is 77.0 Å². The van der Waals surface area contributed by atoms with E-state index >= 15 is 0 Å². The summed E-state index contributed by atoms with van der Waals surface area (Å²) in [6.07, 6.45) is 69.0. The Morgan fingerprint density at radius 2 is 0.701 bits per heavy atom. The molecule has 2 atom stereocenters. The fraction of sp³-hybridized carbons (Fsp3) is 0.902. The van der Waals surface area contributed by atoms with Gasteiger partial charge in [0, 0.05) is 12.8 Å². The zero-order valence-electron chi connectivity index (χ0n) is 45.1. The SMILES string of the molecule is CCCCCCCC/C=C\CCCCCCCCCCCC(=O)OCCCCCCCCCCCC/C=C\CCCCCCCCCC(=O)NC(CO)C(O)CCCCCCCCCCCC. The lowest BCUT2D eigenvalue weighted by molar-refractivity contribution is -0.143. The van der Waals surface area contributed by atoms with Gasteiger partial charge in [0.25, 0.3) is 0 Å². The zero-order valence-corrected chi connectivity index (χ0v) is 45.1. The molecule has 0 radical (unpaired) electrons. The van der Waals surface area contributed by atoms with Crippen molar-refractivity contribution < 1.29 is 24.5 Å². The molecule has 6 nitrogen and oxygen atoms in total. The van der Waals surface area contributed by atoms with E-state index in [1.807, 2.05) is 0 Å². The zero-order chi connectivity index (χ0) is 48.6. The lowest BCUT2D eigenvalue weighted by Gasteiger charge is -2.22. The van der Waals surface area contributed by atoms with Crippen molar-refractivity contribution in [1.82, 2.24) is 5.32 Å². The second-order valence-corrected chi connectivity index (χ2v) is 20.7. The summed E-state index contributed by atoms with van der Waals surface area (Å²) in [6, 6.07) is -0.545. The number of unbranched alkanes of at least 4 members (excludes halogenated alkanes) is 41. The molecule has 0 saturated heterocycles. The summed E-state index contributed by atoms with van der Waals surface area (Å²) >= 11 is 0. The highest BCUT2D eigenvalue weighted by atomic mass is 16.5. The summed E-state index contributed by atoms with van der Waals surface area (Å²) in [5, 5.41) is 23.1. The molecule has 0 heterocycles. The van der Waals surface area contributed by atoms with Crippen LogP contribution in [0.15, 0.2) is 24.3 Å². The topological polar surface area (TPSA) is 95.9 Å². The Labute approximate surface area is 418 Å². The number of hydrogen-bond acceptors (Lipinski definition) is 5. The summed E-state index contributed by atoms with van der Waals surface area (Å²) in [5.41, 5.74) is 0. The van der Waals surface area contributed by atoms with Crippen molar-refractivity contribution in [3.63, 3.8) is 0 Å². The van der Waals surface area contributed by atoms with E-state index in [9.17, 15) is 19.8 Å². The molecule has 0 aromatic carbocycles. The number of nitrogens with one attached hydrogen (secondary N) is 1. The van der Waals surface area contributed by atoms with Gasteiger partial charge in [-0.25, -0.2) is 0 Å². The van der Waals surface area contributed by atoms with Crippen molar-refractivity contribution in [3.8, 4) is 0 Å². The van der Waals surface area contributed by atoms with Crippen LogP contribution in [-0.4, -0.2) is 47.4 Å². The number of carbonyl (C=O) groups is 2. The Kier molecular flexibility index (Phi) is 55.5. The highest BCUT2D eigenvalue weighted by Crippen LogP contribution is 2.17. The van der Waals surface area contributed by atoms with Gasteiger partial charge in [0.2, 0.25) is 5.91 Å². The average molecular weight is 945 g/mol. The Balaban J connectivity index is 3.38. The first-order chi connectivity index (χ1) is 33.0. The molecule has 0 aromatic heterocycles. The number of amides is 1. The van der Waals surface area contributed by atoms with E-state index in [-0.39, 0.29) is 18.5 Å². The van der Waals surface area contributed by atoms with Gasteiger partial charge >= 0.3 is 5.97 Å². The molecule has 0 aliphatic heterocycles. The highest BCUT2D eigenvalue weighted by molar-refractivity contribution is 5.76. The van der Waals surface area contributed by atoms with E-state index in [1.54, 1.807) is 0 Å². The molecule has 0 aliphatic carbocycles. The number of aliphatic hydroxyl groups excluding tert-OH is 2. The normalized spacial score (nSPS) is 12.7. The van der Waals surface area contributed by atoms with Crippen LogP contribution in [0.25, 0.3) is 0 Å². The minimum Gasteiger partial charge on any atom is -0.466 e. The molecule has 6 heteroatoms. The number of hydrogen-bond donors (Lipinski definition) is 3. The van der Waals surface area contributed by atoms with Crippen LogP contribution in [-0.2, 0) is 14.3 Å². The van der Waals surface area contributed by atoms with Gasteiger partial charge in [-0.3, -0.25) is 9.59 Å². The molecule has 1 amide bonds. The lowest BCUT2D eigenvalue weighted by Crippen LogP contribution is -2.45. The van der Waals surface area contributed by atoms with Crippen LogP contribution in [0.1, 0.15) is 328 Å². The summed E-state index contributed by atoms with van der Waals surface area (Å²) in [6.45, 7) is 4.94. The maximum atomic E-state index is 12.4. The van der Waals surface area contributed by atoms with Crippen molar-refractivity contribution in [2.24, 2.45) is 0 Å². The summed E-state index contributed by atoms with van der Waals surface area (Å²) < 4.78 is 5.49. The Bertz CT molecular complexity index is 1040. The van der Waals surface area contributed by atoms with Gasteiger partial charge in [0.15, 0.2) is 0 Å². The van der Waals surface area contributed by atoms with Gasteiger partial charge in [-0.1, -0.05) is 263 Å². The van der Waals surface area contributed by atoms with Crippen molar-refractivity contribution >= 4 is 11.9 Å². The second kappa shape index (κ2) is 56.9. The van der Waals surface area contributed by atoms with Crippen LogP contribution in [0.2, 0.25) is 0 Å². The monoisotopic (exact) mass is 944 g/mol. The predicted octanol–water partition coefficient (Wildman–Crippen LogP) is 18.6. The van der Waals surface area contributed by atoms with Crippen molar-refractivity contribution in [2.75, 3.05) is 13.2 Å². The van der Waals surface area contributed by atoms with Gasteiger partial charge in [0.05, 0.1) is 25.4 Å². The smallest absolute Gasteiger partial charge is 0.305 e. The second-order valence-electron chi connectivity index (χ2n) is 20.7. The molecule has 0 aromatic rings. The van der Waals surface area contributed by atoms with E-state index in [2.05, 4.69) is 43.5 Å². The molecule has 0 bridgehead atoms. The van der Waals surface area contributed by atoms with E-state index in [4.69, 9.17) is 4.74 Å². The number of esters is 1. The van der Waals surface area contributed by atoms with E-state index in [0.29, 0.717) is 25.9 Å². The minimum atomic E-state index is -0.667. The van der Waals surface area contributed by atoms with Crippen LogP contribution in [0.3, 0.4) is 0 Å². The number of aliphatic hydroxyl groups is 2. The lowest BCUT2D eigenvalue weighted by atomic mass is 10.0. The fourth-order valence-electron chi connectivity index (χ4n) is 9.34. The largest absolute Gasteiger partial charge is 0.466 e. The first-order valence-electron chi connectivity index (χ1n) is 30.1. The number of rotatable bonds is 56. The van der Waals surface area contributed by atoms with Gasteiger partial charge in [-0.15, -0.1) is 0 Å². The standard InChI is InChI=1S/C61H117NO5/c1-3-5-7-9-11-13-15-16-17-18-22-26-29-32-35-39-43-47-51-55-61(66)67-56-52-48-44-40-36-33-30-27-24-21-19-20-23-25-28-31-34-38-42-46-50-54-60(65)62-58(57-63)59(64)53-49-45-41-37-14-12-10-8-6-4-2/h16-17,20,23,58-59,63-64H,3-15,18-19,21-22,24-57H2,1-2H3,(H,62,65)/b17-16-,23-20-. The Morgan fingerprint density at radius 1 is 0.403 bits per heavy atom. The molecule has 0 saturated carbocycles. The van der Waals surface area contributed by atoms with Gasteiger partial charge in [0.1, 0.15) is 0 Å². The first kappa shape index (κ1) is 65.3. The summed E-state index contributed by atoms with van der Waals surface area (Å²) in [4.78, 5) is 24.5. The summed E-state index contributed by atoms with van der Waals surface area (Å²) in [7, 11) is 0. The number of allylic oxidation sites excluding steroid dienone is 4. The molecule has 0 spiro atoms. The highest BCUT2D eigenvalue weighted by Gasteiger charge is 2.20. The third-order valence-electron chi connectivity index (χ3n) is 14.0. The van der Waals surface area contributed by atoms with Crippen molar-refractivity contribution in [1.29, 1.82) is 0 Å². The summed E-state index contributed by atoms with van der Waals surface area (Å²) in [5.74, 6) is -0.0359.